The third-order valence-corrected chi connectivity index (χ3v) is 6.83. The first-order chi connectivity index (χ1) is 14.3. The highest BCUT2D eigenvalue weighted by Gasteiger charge is 2.28. The fourth-order valence-corrected chi connectivity index (χ4v) is 4.54. The van der Waals surface area contributed by atoms with E-state index in [0.29, 0.717) is 16.3 Å². The van der Waals surface area contributed by atoms with Gasteiger partial charge < -0.3 is 5.32 Å². The molecule has 1 heterocycles. The van der Waals surface area contributed by atoms with Crippen molar-refractivity contribution in [2.24, 2.45) is 0 Å². The molecule has 0 spiro atoms. The number of hydrogen-bond acceptors (Lipinski definition) is 4. The Morgan fingerprint density at radius 2 is 1.70 bits per heavy atom. The third-order valence-electron chi connectivity index (χ3n) is 4.64. The first-order valence-electron chi connectivity index (χ1n) is 9.29. The molecule has 1 N–H and O–H groups in total. The van der Waals surface area contributed by atoms with Gasteiger partial charge in [0.2, 0.25) is 5.91 Å². The number of benzene rings is 2. The average Bonchev–Trinajstić information content (AvgIpc) is 2.74. The number of amides is 1. The molecule has 0 aliphatic rings. The Labute approximate surface area is 181 Å². The summed E-state index contributed by atoms with van der Waals surface area (Å²) in [5.41, 5.74) is 2.75. The van der Waals surface area contributed by atoms with E-state index in [0.717, 1.165) is 15.4 Å². The lowest BCUT2D eigenvalue weighted by Crippen LogP contribution is -2.41. The van der Waals surface area contributed by atoms with Crippen molar-refractivity contribution in [1.29, 1.82) is 0 Å². The van der Waals surface area contributed by atoms with Crippen molar-refractivity contribution >= 4 is 33.2 Å². The van der Waals surface area contributed by atoms with Crippen LogP contribution in [-0.4, -0.2) is 25.9 Å². The number of nitrogens with zero attached hydrogens (tertiary/aromatic N) is 2. The lowest BCUT2D eigenvalue weighted by atomic mass is 10.2. The molecule has 8 heteroatoms. The second-order valence-corrected chi connectivity index (χ2v) is 9.11. The molecule has 3 aromatic rings. The summed E-state index contributed by atoms with van der Waals surface area (Å²) < 4.78 is 27.9. The molecular formula is C22H22ClN3O3S. The molecule has 0 atom stereocenters. The SMILES string of the molecule is Cc1ccc(S(=O)(=O)N(CC(=O)NCc2ccncc2)c2cccc(Cl)c2C)cc1. The van der Waals surface area contributed by atoms with Crippen LogP contribution in [0.25, 0.3) is 0 Å². The number of carbonyl (C=O) groups is 1. The molecule has 0 saturated carbocycles. The molecule has 0 aliphatic carbocycles. The topological polar surface area (TPSA) is 79.4 Å². The molecule has 0 radical (unpaired) electrons. The first kappa shape index (κ1) is 21.8. The maximum absolute atomic E-state index is 13.4. The number of sulfonamides is 1. The minimum Gasteiger partial charge on any atom is -0.350 e. The van der Waals surface area contributed by atoms with Gasteiger partial charge in [-0.2, -0.15) is 0 Å². The molecule has 0 bridgehead atoms. The number of rotatable bonds is 7. The number of nitrogens with one attached hydrogen (secondary N) is 1. The summed E-state index contributed by atoms with van der Waals surface area (Å²) in [5, 5.41) is 3.18. The maximum Gasteiger partial charge on any atom is 0.264 e. The highest BCUT2D eigenvalue weighted by molar-refractivity contribution is 7.92. The Bertz CT molecular complexity index is 1130. The van der Waals surface area contributed by atoms with Gasteiger partial charge in [-0.3, -0.25) is 14.1 Å². The van der Waals surface area contributed by atoms with Crippen LogP contribution in [0.1, 0.15) is 16.7 Å². The Morgan fingerprint density at radius 3 is 2.37 bits per heavy atom. The largest absolute Gasteiger partial charge is 0.350 e. The van der Waals surface area contributed by atoms with E-state index < -0.39 is 15.9 Å². The van der Waals surface area contributed by atoms with Crippen molar-refractivity contribution in [1.82, 2.24) is 10.3 Å². The predicted molar refractivity (Wildman–Crippen MR) is 118 cm³/mol. The first-order valence-corrected chi connectivity index (χ1v) is 11.1. The normalized spacial score (nSPS) is 11.2. The molecule has 1 aromatic heterocycles. The Hall–Kier alpha value is -2.90. The summed E-state index contributed by atoms with van der Waals surface area (Å²) in [6.45, 7) is 3.50. The monoisotopic (exact) mass is 443 g/mol. The fraction of sp³-hybridized carbons (Fsp3) is 0.182. The lowest BCUT2D eigenvalue weighted by molar-refractivity contribution is -0.119. The molecule has 1 amide bonds. The van der Waals surface area contributed by atoms with Crippen molar-refractivity contribution in [2.75, 3.05) is 10.8 Å². The van der Waals surface area contributed by atoms with E-state index in [2.05, 4.69) is 10.3 Å². The zero-order valence-electron chi connectivity index (χ0n) is 16.7. The Morgan fingerprint density at radius 1 is 1.03 bits per heavy atom. The smallest absolute Gasteiger partial charge is 0.264 e. The fourth-order valence-electron chi connectivity index (χ4n) is 2.89. The minimum absolute atomic E-state index is 0.106. The van der Waals surface area contributed by atoms with E-state index in [9.17, 15) is 13.2 Å². The van der Waals surface area contributed by atoms with Gasteiger partial charge in [-0.1, -0.05) is 35.4 Å². The highest BCUT2D eigenvalue weighted by Crippen LogP contribution is 2.30. The van der Waals surface area contributed by atoms with Crippen LogP contribution < -0.4 is 9.62 Å². The van der Waals surface area contributed by atoms with Crippen LogP contribution >= 0.6 is 11.6 Å². The van der Waals surface area contributed by atoms with Crippen LogP contribution in [0.3, 0.4) is 0 Å². The quantitative estimate of drug-likeness (QED) is 0.601. The summed E-state index contributed by atoms with van der Waals surface area (Å²) in [6, 6.07) is 15.1. The van der Waals surface area contributed by atoms with Gasteiger partial charge in [0.25, 0.3) is 10.0 Å². The number of carbonyl (C=O) groups excluding carboxylic acids is 1. The molecule has 0 aliphatic heterocycles. The summed E-state index contributed by atoms with van der Waals surface area (Å²) >= 11 is 6.22. The molecule has 0 fully saturated rings. The minimum atomic E-state index is -3.98. The van der Waals surface area contributed by atoms with Crippen LogP contribution in [0, 0.1) is 13.8 Å². The molecular weight excluding hydrogens is 422 g/mol. The predicted octanol–water partition coefficient (Wildman–Crippen LogP) is 3.86. The van der Waals surface area contributed by atoms with E-state index in [1.54, 1.807) is 61.8 Å². The second kappa shape index (κ2) is 9.28. The zero-order valence-corrected chi connectivity index (χ0v) is 18.2. The van der Waals surface area contributed by atoms with Crippen LogP contribution in [0.2, 0.25) is 5.02 Å². The summed E-state index contributed by atoms with van der Waals surface area (Å²) in [7, 11) is -3.98. The molecule has 156 valence electrons. The van der Waals surface area contributed by atoms with Crippen molar-refractivity contribution in [3.05, 3.63) is 88.7 Å². The number of aromatic nitrogens is 1. The van der Waals surface area contributed by atoms with E-state index in [1.807, 2.05) is 6.92 Å². The third kappa shape index (κ3) is 4.98. The van der Waals surface area contributed by atoms with E-state index in [4.69, 9.17) is 11.6 Å². The van der Waals surface area contributed by atoms with E-state index >= 15 is 0 Å². The van der Waals surface area contributed by atoms with Gasteiger partial charge in [-0.15, -0.1) is 0 Å². The number of halogens is 1. The van der Waals surface area contributed by atoms with Crippen LogP contribution in [0.15, 0.2) is 71.9 Å². The zero-order chi connectivity index (χ0) is 21.7. The van der Waals surface area contributed by atoms with Crippen LogP contribution in [0.4, 0.5) is 5.69 Å². The van der Waals surface area contributed by atoms with Crippen molar-refractivity contribution in [2.45, 2.75) is 25.3 Å². The highest BCUT2D eigenvalue weighted by atomic mass is 35.5. The van der Waals surface area contributed by atoms with Crippen molar-refractivity contribution in [3.63, 3.8) is 0 Å². The van der Waals surface area contributed by atoms with Crippen molar-refractivity contribution in [3.8, 4) is 0 Å². The van der Waals surface area contributed by atoms with Gasteiger partial charge in [-0.05, 0) is 61.4 Å². The number of hydrogen-bond donors (Lipinski definition) is 1. The van der Waals surface area contributed by atoms with Crippen LogP contribution in [-0.2, 0) is 21.4 Å². The van der Waals surface area contributed by atoms with E-state index in [1.165, 1.54) is 12.1 Å². The van der Waals surface area contributed by atoms with Gasteiger partial charge in [-0.25, -0.2) is 8.42 Å². The van der Waals surface area contributed by atoms with Crippen LogP contribution in [0.5, 0.6) is 0 Å². The van der Waals surface area contributed by atoms with Gasteiger partial charge in [0.1, 0.15) is 6.54 Å². The maximum atomic E-state index is 13.4. The molecule has 0 unspecified atom stereocenters. The van der Waals surface area contributed by atoms with Gasteiger partial charge >= 0.3 is 0 Å². The Kier molecular flexibility index (Phi) is 6.74. The molecule has 30 heavy (non-hydrogen) atoms. The lowest BCUT2D eigenvalue weighted by Gasteiger charge is -2.26. The average molecular weight is 444 g/mol. The molecule has 6 nitrogen and oxygen atoms in total. The number of pyridine rings is 1. The Balaban J connectivity index is 1.92. The number of aryl methyl sites for hydroxylation is 1. The number of anilines is 1. The molecule has 0 saturated heterocycles. The van der Waals surface area contributed by atoms with Gasteiger partial charge in [0, 0.05) is 24.0 Å². The van der Waals surface area contributed by atoms with Crippen molar-refractivity contribution < 1.29 is 13.2 Å². The van der Waals surface area contributed by atoms with E-state index in [-0.39, 0.29) is 18.0 Å². The summed E-state index contributed by atoms with van der Waals surface area (Å²) in [4.78, 5) is 16.7. The molecule has 3 rings (SSSR count). The van der Waals surface area contributed by atoms with Gasteiger partial charge in [0.05, 0.1) is 10.6 Å². The molecule has 2 aromatic carbocycles. The second-order valence-electron chi connectivity index (χ2n) is 6.84. The summed E-state index contributed by atoms with van der Waals surface area (Å²) in [6.07, 6.45) is 3.26. The standard InChI is InChI=1S/C22H22ClN3O3S/c1-16-6-8-19(9-7-16)30(28,29)26(21-5-3-4-20(23)17(21)2)15-22(27)25-14-18-10-12-24-13-11-18/h3-13H,14-15H2,1-2H3,(H,25,27). The summed E-state index contributed by atoms with van der Waals surface area (Å²) in [5.74, 6) is -0.429. The van der Waals surface area contributed by atoms with Gasteiger partial charge in [0.15, 0.2) is 0 Å².